The Labute approximate surface area is 193 Å². The van der Waals surface area contributed by atoms with Crippen molar-refractivity contribution in [3.63, 3.8) is 0 Å². The highest BCUT2D eigenvalue weighted by atomic mass is 32.1. The highest BCUT2D eigenvalue weighted by Gasteiger charge is 2.51. The van der Waals surface area contributed by atoms with E-state index in [0.717, 1.165) is 34.6 Å². The number of epoxide rings is 1. The van der Waals surface area contributed by atoms with Crippen LogP contribution in [-0.4, -0.2) is 51.9 Å². The van der Waals surface area contributed by atoms with Gasteiger partial charge in [-0.2, -0.15) is 4.98 Å². The van der Waals surface area contributed by atoms with Gasteiger partial charge < -0.3 is 14.8 Å². The van der Waals surface area contributed by atoms with Crippen molar-refractivity contribution in [1.82, 2.24) is 20.2 Å². The van der Waals surface area contributed by atoms with Gasteiger partial charge in [-0.1, -0.05) is 23.5 Å². The fourth-order valence-electron chi connectivity index (χ4n) is 5.47. The number of rotatable bonds is 7. The molecule has 0 radical (unpaired) electrons. The average molecular weight is 451 g/mol. The Morgan fingerprint density at radius 2 is 1.94 bits per heavy atom. The number of thiazole rings is 1. The maximum absolute atomic E-state index is 5.97. The molecule has 5 atom stereocenters. The summed E-state index contributed by atoms with van der Waals surface area (Å²) in [6.45, 7) is 5.25. The quantitative estimate of drug-likeness (QED) is 0.528. The Morgan fingerprint density at radius 1 is 1.19 bits per heavy atom. The van der Waals surface area contributed by atoms with Crippen LogP contribution in [0.4, 0.5) is 0 Å². The van der Waals surface area contributed by atoms with E-state index in [-0.39, 0.29) is 0 Å². The zero-order chi connectivity index (χ0) is 21.7. The summed E-state index contributed by atoms with van der Waals surface area (Å²) in [4.78, 5) is 11.5. The summed E-state index contributed by atoms with van der Waals surface area (Å²) in [7, 11) is 0. The van der Waals surface area contributed by atoms with E-state index in [1.807, 2.05) is 25.3 Å². The molecule has 5 heterocycles. The topological polar surface area (TPSA) is 62.8 Å². The number of nitrogens with zero attached hydrogens (tertiary/aromatic N) is 3. The van der Waals surface area contributed by atoms with Crippen LogP contribution >= 0.6 is 11.3 Å². The third-order valence-corrected chi connectivity index (χ3v) is 7.97. The Hall–Kier alpha value is -2.06. The standard InChI is InChI=1S/C25H30N4O2S/c1-15-11-22-23(27-14-15)28-25(32-22)31-21-7-3-17(4-8-21)9-10-26-18-12-19-5-6-20(13-18)29(19)24-16(2)30-24/h3-4,7-8,11,14,16,18-20,24,26H,5-6,9-10,12-13H2,1-2H3/t16?,18?,19-,20+,24?. The molecule has 32 heavy (non-hydrogen) atoms. The third-order valence-electron chi connectivity index (χ3n) is 7.10. The van der Waals surface area contributed by atoms with Crippen LogP contribution in [-0.2, 0) is 11.2 Å². The smallest absolute Gasteiger partial charge is 0.281 e. The van der Waals surface area contributed by atoms with Gasteiger partial charge in [0.2, 0.25) is 0 Å². The predicted octanol–water partition coefficient (Wildman–Crippen LogP) is 4.66. The van der Waals surface area contributed by atoms with Crippen LogP contribution in [0.5, 0.6) is 10.9 Å². The van der Waals surface area contributed by atoms with Gasteiger partial charge in [0.05, 0.1) is 10.8 Å². The monoisotopic (exact) mass is 450 g/mol. The Morgan fingerprint density at radius 3 is 2.66 bits per heavy atom. The van der Waals surface area contributed by atoms with Gasteiger partial charge in [0.1, 0.15) is 12.0 Å². The van der Waals surface area contributed by atoms with Crippen LogP contribution in [0.15, 0.2) is 36.5 Å². The molecule has 6 rings (SSSR count). The first-order valence-corrected chi connectivity index (χ1v) is 12.6. The van der Waals surface area contributed by atoms with Gasteiger partial charge in [0.15, 0.2) is 5.65 Å². The maximum Gasteiger partial charge on any atom is 0.281 e. The largest absolute Gasteiger partial charge is 0.431 e. The molecule has 3 aliphatic rings. The van der Waals surface area contributed by atoms with E-state index in [4.69, 9.17) is 9.47 Å². The number of pyridine rings is 1. The van der Waals surface area contributed by atoms with E-state index in [9.17, 15) is 0 Å². The number of hydrogen-bond acceptors (Lipinski definition) is 7. The van der Waals surface area contributed by atoms with Crippen LogP contribution in [0, 0.1) is 6.92 Å². The predicted molar refractivity (Wildman–Crippen MR) is 126 cm³/mol. The second-order valence-electron chi connectivity index (χ2n) is 9.50. The first-order chi connectivity index (χ1) is 15.6. The summed E-state index contributed by atoms with van der Waals surface area (Å²) in [6, 6.07) is 12.5. The SMILES string of the molecule is Cc1cnc2nc(Oc3ccc(CCNC4C[C@H]5CC[C@@H](C4)N5C4OC4C)cc3)sc2c1. The summed E-state index contributed by atoms with van der Waals surface area (Å²) in [5.41, 5.74) is 3.21. The molecule has 6 nitrogen and oxygen atoms in total. The minimum Gasteiger partial charge on any atom is -0.431 e. The zero-order valence-electron chi connectivity index (χ0n) is 18.7. The number of aromatic nitrogens is 2. The number of piperidine rings is 1. The van der Waals surface area contributed by atoms with Crippen molar-refractivity contribution in [1.29, 1.82) is 0 Å². The van der Waals surface area contributed by atoms with Crippen molar-refractivity contribution in [2.75, 3.05) is 6.54 Å². The fraction of sp³-hybridized carbons (Fsp3) is 0.520. The van der Waals surface area contributed by atoms with Crippen molar-refractivity contribution >= 4 is 21.7 Å². The molecule has 0 saturated carbocycles. The fourth-order valence-corrected chi connectivity index (χ4v) is 6.36. The molecule has 7 heteroatoms. The van der Waals surface area contributed by atoms with E-state index in [1.165, 1.54) is 42.6 Å². The van der Waals surface area contributed by atoms with Crippen molar-refractivity contribution < 1.29 is 9.47 Å². The van der Waals surface area contributed by atoms with Gasteiger partial charge in [0, 0.05) is 24.3 Å². The number of benzene rings is 1. The van der Waals surface area contributed by atoms with Crippen molar-refractivity contribution in [3.8, 4) is 10.9 Å². The molecule has 168 valence electrons. The lowest BCUT2D eigenvalue weighted by molar-refractivity contribution is 0.0663. The summed E-state index contributed by atoms with van der Waals surface area (Å²) >= 11 is 1.53. The number of fused-ring (bicyclic) bond motifs is 3. The van der Waals surface area contributed by atoms with Crippen LogP contribution in [0.3, 0.4) is 0 Å². The molecule has 3 aliphatic heterocycles. The van der Waals surface area contributed by atoms with Gasteiger partial charge in [-0.15, -0.1) is 0 Å². The third kappa shape index (κ3) is 4.15. The Kier molecular flexibility index (Phi) is 5.38. The van der Waals surface area contributed by atoms with E-state index in [1.54, 1.807) is 0 Å². The second kappa shape index (κ2) is 8.37. The van der Waals surface area contributed by atoms with Crippen molar-refractivity contribution in [3.05, 3.63) is 47.7 Å². The van der Waals surface area contributed by atoms with Crippen LogP contribution in [0.1, 0.15) is 43.7 Å². The van der Waals surface area contributed by atoms with Gasteiger partial charge in [0.25, 0.3) is 5.19 Å². The summed E-state index contributed by atoms with van der Waals surface area (Å²) in [6.07, 6.45) is 8.89. The molecule has 1 N–H and O–H groups in total. The lowest BCUT2D eigenvalue weighted by Crippen LogP contribution is -2.50. The van der Waals surface area contributed by atoms with E-state index in [2.05, 4.69) is 45.3 Å². The highest BCUT2D eigenvalue weighted by molar-refractivity contribution is 7.20. The van der Waals surface area contributed by atoms with Crippen molar-refractivity contribution in [2.45, 2.75) is 76.4 Å². The lowest BCUT2D eigenvalue weighted by Gasteiger charge is -2.38. The lowest BCUT2D eigenvalue weighted by atomic mass is 9.96. The molecule has 0 aliphatic carbocycles. The van der Waals surface area contributed by atoms with Crippen LogP contribution in [0.25, 0.3) is 10.3 Å². The van der Waals surface area contributed by atoms with Crippen molar-refractivity contribution in [2.24, 2.45) is 0 Å². The van der Waals surface area contributed by atoms with E-state index >= 15 is 0 Å². The molecule has 3 fully saturated rings. The first kappa shape index (κ1) is 20.5. The molecule has 0 amide bonds. The van der Waals surface area contributed by atoms with Crippen LogP contribution < -0.4 is 10.1 Å². The van der Waals surface area contributed by atoms with Gasteiger partial charge in [-0.05, 0) is 81.8 Å². The summed E-state index contributed by atoms with van der Waals surface area (Å²) < 4.78 is 12.8. The number of ether oxygens (including phenoxy) is 2. The molecule has 3 aromatic rings. The van der Waals surface area contributed by atoms with Gasteiger partial charge in [-0.25, -0.2) is 4.98 Å². The Balaban J connectivity index is 0.995. The highest BCUT2D eigenvalue weighted by Crippen LogP contribution is 2.42. The zero-order valence-corrected chi connectivity index (χ0v) is 19.5. The number of hydrogen-bond donors (Lipinski definition) is 1. The first-order valence-electron chi connectivity index (χ1n) is 11.8. The minimum atomic E-state index is 0.400. The molecular weight excluding hydrogens is 420 g/mol. The number of aryl methyl sites for hydroxylation is 1. The number of nitrogens with one attached hydrogen (secondary N) is 1. The molecule has 2 aromatic heterocycles. The average Bonchev–Trinajstić information content (AvgIpc) is 3.26. The molecule has 0 spiro atoms. The summed E-state index contributed by atoms with van der Waals surface area (Å²) in [5.74, 6) is 0.818. The Bertz CT molecular complexity index is 1090. The molecule has 2 bridgehead atoms. The maximum atomic E-state index is 5.97. The molecule has 3 saturated heterocycles. The minimum absolute atomic E-state index is 0.400. The molecule has 3 unspecified atom stereocenters. The van der Waals surface area contributed by atoms with Crippen LogP contribution in [0.2, 0.25) is 0 Å². The normalized spacial score (nSPS) is 29.5. The van der Waals surface area contributed by atoms with E-state index < -0.39 is 0 Å². The molecular formula is C25H30N4O2S. The summed E-state index contributed by atoms with van der Waals surface area (Å²) in [5, 5.41) is 4.46. The molecule has 1 aromatic carbocycles. The van der Waals surface area contributed by atoms with E-state index in [0.29, 0.717) is 35.7 Å². The van der Waals surface area contributed by atoms with Gasteiger partial charge in [-0.3, -0.25) is 4.90 Å². The van der Waals surface area contributed by atoms with Gasteiger partial charge >= 0.3 is 0 Å². The second-order valence-corrected chi connectivity index (χ2v) is 10.5.